The molecule has 0 atom stereocenters. The van der Waals surface area contributed by atoms with E-state index in [1.807, 2.05) is 29.5 Å². The fourth-order valence-electron chi connectivity index (χ4n) is 2.29. The number of aromatic nitrogens is 2. The Balaban J connectivity index is 1.86. The number of methoxy groups -OCH3 is 1. The molecule has 6 nitrogen and oxygen atoms in total. The summed E-state index contributed by atoms with van der Waals surface area (Å²) < 4.78 is 6.51. The maximum Gasteiger partial charge on any atom is 0.337 e. The van der Waals surface area contributed by atoms with E-state index in [1.165, 1.54) is 7.11 Å². The lowest BCUT2D eigenvalue weighted by molar-refractivity contribution is 0.0600. The first-order valence-electron chi connectivity index (χ1n) is 7.03. The van der Waals surface area contributed by atoms with Crippen molar-refractivity contribution in [3.8, 4) is 0 Å². The van der Waals surface area contributed by atoms with Crippen molar-refractivity contribution in [3.05, 3.63) is 65.6 Å². The highest BCUT2D eigenvalue weighted by Gasteiger charge is 2.13. The second kappa shape index (κ2) is 5.92. The molecule has 1 aromatic carbocycles. The lowest BCUT2D eigenvalue weighted by Gasteiger charge is -2.05. The average molecular weight is 309 g/mol. The molecule has 0 saturated carbocycles. The first kappa shape index (κ1) is 14.8. The SMILES string of the molecule is COC(=O)c1cccc(NC(=O)c2cn3c(C)cccc3n2)c1. The van der Waals surface area contributed by atoms with Gasteiger partial charge in [0.25, 0.3) is 5.91 Å². The summed E-state index contributed by atoms with van der Waals surface area (Å²) in [6, 6.07) is 12.2. The van der Waals surface area contributed by atoms with E-state index in [4.69, 9.17) is 0 Å². The van der Waals surface area contributed by atoms with Gasteiger partial charge in [-0.25, -0.2) is 9.78 Å². The van der Waals surface area contributed by atoms with Crippen LogP contribution < -0.4 is 5.32 Å². The number of esters is 1. The number of nitrogens with one attached hydrogen (secondary N) is 1. The normalized spacial score (nSPS) is 10.5. The van der Waals surface area contributed by atoms with Gasteiger partial charge in [-0.15, -0.1) is 0 Å². The number of amides is 1. The molecule has 0 aliphatic rings. The quantitative estimate of drug-likeness (QED) is 0.755. The minimum atomic E-state index is -0.454. The van der Waals surface area contributed by atoms with Crippen LogP contribution in [-0.2, 0) is 4.74 Å². The molecule has 0 unspecified atom stereocenters. The van der Waals surface area contributed by atoms with Crippen molar-refractivity contribution in [3.63, 3.8) is 0 Å². The Bertz CT molecular complexity index is 899. The summed E-state index contributed by atoms with van der Waals surface area (Å²) in [5.74, 6) is -0.792. The number of ether oxygens (including phenoxy) is 1. The maximum atomic E-state index is 12.3. The molecule has 2 heterocycles. The predicted octanol–water partition coefficient (Wildman–Crippen LogP) is 2.68. The molecule has 0 radical (unpaired) electrons. The van der Waals surface area contributed by atoms with Crippen molar-refractivity contribution in [2.24, 2.45) is 0 Å². The molecule has 0 fully saturated rings. The van der Waals surface area contributed by atoms with Crippen LogP contribution in [0.3, 0.4) is 0 Å². The predicted molar refractivity (Wildman–Crippen MR) is 85.7 cm³/mol. The number of aryl methyl sites for hydroxylation is 1. The van der Waals surface area contributed by atoms with Gasteiger partial charge in [-0.3, -0.25) is 4.79 Å². The number of rotatable bonds is 3. The molecule has 116 valence electrons. The minimum Gasteiger partial charge on any atom is -0.465 e. The van der Waals surface area contributed by atoms with E-state index >= 15 is 0 Å². The molecule has 23 heavy (non-hydrogen) atoms. The number of anilines is 1. The first-order chi connectivity index (χ1) is 11.1. The third kappa shape index (κ3) is 2.91. The summed E-state index contributed by atoms with van der Waals surface area (Å²) in [5.41, 5.74) is 2.88. The number of carbonyl (C=O) groups excluding carboxylic acids is 2. The largest absolute Gasteiger partial charge is 0.465 e. The third-order valence-electron chi connectivity index (χ3n) is 3.47. The molecule has 6 heteroatoms. The first-order valence-corrected chi connectivity index (χ1v) is 7.03. The molecule has 0 aliphatic heterocycles. The maximum absolute atomic E-state index is 12.3. The molecule has 1 N–H and O–H groups in total. The monoisotopic (exact) mass is 309 g/mol. The zero-order valence-corrected chi connectivity index (χ0v) is 12.7. The average Bonchev–Trinajstić information content (AvgIpc) is 3.00. The van der Waals surface area contributed by atoms with Crippen LogP contribution in [0.25, 0.3) is 5.65 Å². The topological polar surface area (TPSA) is 72.7 Å². The van der Waals surface area contributed by atoms with E-state index in [9.17, 15) is 9.59 Å². The lowest BCUT2D eigenvalue weighted by Crippen LogP contribution is -2.13. The van der Waals surface area contributed by atoms with Crippen LogP contribution in [0.1, 0.15) is 26.5 Å². The van der Waals surface area contributed by atoms with Gasteiger partial charge in [0.05, 0.1) is 12.7 Å². The van der Waals surface area contributed by atoms with Crippen LogP contribution in [0.2, 0.25) is 0 Å². The van der Waals surface area contributed by atoms with Gasteiger partial charge < -0.3 is 14.5 Å². The van der Waals surface area contributed by atoms with E-state index in [0.717, 1.165) is 5.69 Å². The highest BCUT2D eigenvalue weighted by molar-refractivity contribution is 6.03. The molecule has 3 rings (SSSR count). The van der Waals surface area contributed by atoms with Gasteiger partial charge in [-0.2, -0.15) is 0 Å². The van der Waals surface area contributed by atoms with E-state index in [-0.39, 0.29) is 5.91 Å². The number of fused-ring (bicyclic) bond motifs is 1. The van der Waals surface area contributed by atoms with E-state index in [0.29, 0.717) is 22.6 Å². The number of hydrogen-bond acceptors (Lipinski definition) is 4. The molecular weight excluding hydrogens is 294 g/mol. The fraction of sp³-hybridized carbons (Fsp3) is 0.118. The van der Waals surface area contributed by atoms with Crippen molar-refractivity contribution < 1.29 is 14.3 Å². The Morgan fingerprint density at radius 3 is 2.70 bits per heavy atom. The van der Waals surface area contributed by atoms with Gasteiger partial charge in [0, 0.05) is 17.6 Å². The van der Waals surface area contributed by atoms with Gasteiger partial charge >= 0.3 is 5.97 Å². The van der Waals surface area contributed by atoms with Gasteiger partial charge in [0.15, 0.2) is 0 Å². The van der Waals surface area contributed by atoms with Gasteiger partial charge in [0.2, 0.25) is 0 Å². The smallest absolute Gasteiger partial charge is 0.337 e. The summed E-state index contributed by atoms with van der Waals surface area (Å²) in [4.78, 5) is 28.2. The molecule has 1 amide bonds. The number of nitrogens with zero attached hydrogens (tertiary/aromatic N) is 2. The van der Waals surface area contributed by atoms with Crippen LogP contribution in [-0.4, -0.2) is 28.4 Å². The molecule has 2 aromatic heterocycles. The summed E-state index contributed by atoms with van der Waals surface area (Å²) in [6.45, 7) is 1.94. The second-order valence-electron chi connectivity index (χ2n) is 5.05. The summed E-state index contributed by atoms with van der Waals surface area (Å²) in [7, 11) is 1.31. The van der Waals surface area contributed by atoms with Gasteiger partial charge in [-0.05, 0) is 37.3 Å². The molecule has 0 saturated heterocycles. The molecular formula is C17H15N3O3. The standard InChI is InChI=1S/C17H15N3O3/c1-11-5-3-8-15-19-14(10-20(11)15)16(21)18-13-7-4-6-12(9-13)17(22)23-2/h3-10H,1-2H3,(H,18,21). The number of pyridine rings is 1. The van der Waals surface area contributed by atoms with E-state index in [1.54, 1.807) is 30.5 Å². The van der Waals surface area contributed by atoms with Crippen LogP contribution >= 0.6 is 0 Å². The Labute approximate surface area is 132 Å². The Hall–Kier alpha value is -3.15. The van der Waals surface area contributed by atoms with Crippen molar-refractivity contribution in [1.82, 2.24) is 9.38 Å². The molecule has 0 aliphatic carbocycles. The second-order valence-corrected chi connectivity index (χ2v) is 5.05. The van der Waals surface area contributed by atoms with Crippen molar-refractivity contribution in [2.75, 3.05) is 12.4 Å². The molecule has 0 bridgehead atoms. The van der Waals surface area contributed by atoms with Crippen molar-refractivity contribution in [2.45, 2.75) is 6.92 Å². The Morgan fingerprint density at radius 2 is 1.96 bits per heavy atom. The minimum absolute atomic E-state index is 0.308. The zero-order valence-electron chi connectivity index (χ0n) is 12.7. The highest BCUT2D eigenvalue weighted by atomic mass is 16.5. The Kier molecular flexibility index (Phi) is 3.80. The van der Waals surface area contributed by atoms with Crippen LogP contribution in [0.15, 0.2) is 48.7 Å². The van der Waals surface area contributed by atoms with Crippen LogP contribution in [0.4, 0.5) is 5.69 Å². The summed E-state index contributed by atoms with van der Waals surface area (Å²) in [5, 5.41) is 2.74. The zero-order chi connectivity index (χ0) is 16.4. The lowest BCUT2D eigenvalue weighted by atomic mass is 10.2. The summed E-state index contributed by atoms with van der Waals surface area (Å²) >= 11 is 0. The van der Waals surface area contributed by atoms with Gasteiger partial charge in [-0.1, -0.05) is 12.1 Å². The van der Waals surface area contributed by atoms with Crippen molar-refractivity contribution in [1.29, 1.82) is 0 Å². The third-order valence-corrected chi connectivity index (χ3v) is 3.47. The van der Waals surface area contributed by atoms with Crippen molar-refractivity contribution >= 4 is 23.2 Å². The number of benzene rings is 1. The molecule has 3 aromatic rings. The number of imidazole rings is 1. The van der Waals surface area contributed by atoms with E-state index < -0.39 is 5.97 Å². The highest BCUT2D eigenvalue weighted by Crippen LogP contribution is 2.14. The fourth-order valence-corrected chi connectivity index (χ4v) is 2.29. The van der Waals surface area contributed by atoms with Gasteiger partial charge in [0.1, 0.15) is 11.3 Å². The summed E-state index contributed by atoms with van der Waals surface area (Å²) in [6.07, 6.45) is 1.68. The molecule has 0 spiro atoms. The van der Waals surface area contributed by atoms with Crippen LogP contribution in [0.5, 0.6) is 0 Å². The number of carbonyl (C=O) groups is 2. The van der Waals surface area contributed by atoms with E-state index in [2.05, 4.69) is 15.0 Å². The number of hydrogen-bond donors (Lipinski definition) is 1. The van der Waals surface area contributed by atoms with Crippen LogP contribution in [0, 0.1) is 6.92 Å². The Morgan fingerprint density at radius 1 is 1.17 bits per heavy atom.